The van der Waals surface area contributed by atoms with Gasteiger partial charge < -0.3 is 11.1 Å². The quantitative estimate of drug-likeness (QED) is 0.233. The van der Waals surface area contributed by atoms with Crippen LogP contribution in [0.4, 0.5) is 0 Å². The largest absolute Gasteiger partial charge is 0.369 e. The zero-order chi connectivity index (χ0) is 16.8. The van der Waals surface area contributed by atoms with Crippen molar-refractivity contribution >= 4 is 34.1 Å². The fraction of sp³-hybridized carbons (Fsp3) is 0.875. The van der Waals surface area contributed by atoms with Crippen LogP contribution in [0.2, 0.25) is 0 Å². The molecule has 1 aliphatic carbocycles. The van der Waals surface area contributed by atoms with E-state index in [4.69, 9.17) is 5.73 Å². The van der Waals surface area contributed by atoms with E-state index in [0.29, 0.717) is 12.3 Å². The lowest BCUT2D eigenvalue weighted by molar-refractivity contribution is -0.132. The Balaban J connectivity index is 2.73. The van der Waals surface area contributed by atoms with Crippen LogP contribution in [0.25, 0.3) is 0 Å². The lowest BCUT2D eigenvalue weighted by Gasteiger charge is -2.30. The van der Waals surface area contributed by atoms with E-state index in [0.717, 1.165) is 18.8 Å². The highest BCUT2D eigenvalue weighted by Gasteiger charge is 2.36. The number of carbonyl (C=O) groups excluding carboxylic acids is 2. The molecule has 1 saturated carbocycles. The number of hydrogen-bond donors (Lipinski definition) is 3. The Kier molecular flexibility index (Phi) is 8.28. The van der Waals surface area contributed by atoms with Gasteiger partial charge in [0.25, 0.3) is 0 Å². The number of Topliss-reactive ketones (excluding diaryl/α,β-unsaturated/α-hetero) is 1. The highest BCUT2D eigenvalue weighted by Crippen LogP contribution is 2.38. The number of nitrogens with one attached hydrogen (secondary N) is 1. The standard InChI is InChI=1S/C16H30N2O2S2/c1-16(2,3)8-13(14(19)9-18-10-22-21)12(15(17)20)7-6-11-4-5-11/h11-13,18,21H,4-10H2,1-3H3,(H2,17,20)/t12-,13?/m0/s1. The first-order chi connectivity index (χ1) is 10.2. The summed E-state index contributed by atoms with van der Waals surface area (Å²) in [6.45, 7) is 6.58. The van der Waals surface area contributed by atoms with Gasteiger partial charge in [0.15, 0.2) is 5.78 Å². The normalized spacial score (nSPS) is 18.0. The van der Waals surface area contributed by atoms with Crippen LogP contribution in [0.5, 0.6) is 0 Å². The molecule has 1 fully saturated rings. The maximum atomic E-state index is 12.6. The monoisotopic (exact) mass is 346 g/mol. The smallest absolute Gasteiger partial charge is 0.221 e. The second-order valence-corrected chi connectivity index (χ2v) is 8.89. The van der Waals surface area contributed by atoms with Gasteiger partial charge in [0.05, 0.1) is 12.4 Å². The van der Waals surface area contributed by atoms with Crippen molar-refractivity contribution in [3.05, 3.63) is 0 Å². The Morgan fingerprint density at radius 3 is 2.41 bits per heavy atom. The molecular formula is C16H30N2O2S2. The minimum absolute atomic E-state index is 0.00803. The van der Waals surface area contributed by atoms with E-state index < -0.39 is 0 Å². The summed E-state index contributed by atoms with van der Waals surface area (Å²) in [5.41, 5.74) is 5.62. The van der Waals surface area contributed by atoms with E-state index >= 15 is 0 Å². The van der Waals surface area contributed by atoms with Gasteiger partial charge in [-0.05, 0) is 30.6 Å². The van der Waals surface area contributed by atoms with Crippen LogP contribution in [-0.2, 0) is 9.59 Å². The first kappa shape index (κ1) is 19.8. The zero-order valence-electron chi connectivity index (χ0n) is 13.9. The molecule has 1 rings (SSSR count). The first-order valence-electron chi connectivity index (χ1n) is 8.03. The van der Waals surface area contributed by atoms with Crippen LogP contribution in [0.3, 0.4) is 0 Å². The summed E-state index contributed by atoms with van der Waals surface area (Å²) in [6.07, 6.45) is 4.96. The summed E-state index contributed by atoms with van der Waals surface area (Å²) in [5.74, 6) is 0.501. The Bertz CT molecular complexity index is 379. The van der Waals surface area contributed by atoms with Crippen molar-refractivity contribution in [2.45, 2.75) is 52.9 Å². The van der Waals surface area contributed by atoms with Crippen LogP contribution >= 0.6 is 22.5 Å². The van der Waals surface area contributed by atoms with E-state index in [1.165, 1.54) is 23.6 Å². The number of carbonyl (C=O) groups is 2. The molecule has 6 heteroatoms. The molecule has 3 N–H and O–H groups in total. The Hall–Kier alpha value is -0.200. The van der Waals surface area contributed by atoms with Gasteiger partial charge in [0.2, 0.25) is 5.91 Å². The number of hydrogen-bond acceptors (Lipinski definition) is 5. The summed E-state index contributed by atoms with van der Waals surface area (Å²) in [6, 6.07) is 0. The molecule has 128 valence electrons. The lowest BCUT2D eigenvalue weighted by Crippen LogP contribution is -2.40. The van der Waals surface area contributed by atoms with E-state index in [1.807, 2.05) is 0 Å². The summed E-state index contributed by atoms with van der Waals surface area (Å²) in [5, 5.41) is 3.06. The number of rotatable bonds is 11. The van der Waals surface area contributed by atoms with Gasteiger partial charge in [0, 0.05) is 11.8 Å². The molecule has 1 aliphatic rings. The van der Waals surface area contributed by atoms with Crippen molar-refractivity contribution in [3.8, 4) is 0 Å². The second-order valence-electron chi connectivity index (χ2n) is 7.57. The predicted molar refractivity (Wildman–Crippen MR) is 96.7 cm³/mol. The fourth-order valence-corrected chi connectivity index (χ4v) is 3.32. The Morgan fingerprint density at radius 2 is 1.95 bits per heavy atom. The van der Waals surface area contributed by atoms with Gasteiger partial charge in [-0.25, -0.2) is 0 Å². The molecule has 0 aromatic rings. The maximum absolute atomic E-state index is 12.6. The SMILES string of the molecule is CC(C)(C)CC(C(=O)CNCSS)[C@H](CCC1CC1)C(N)=O. The van der Waals surface area contributed by atoms with Gasteiger partial charge in [-0.15, -0.1) is 11.7 Å². The van der Waals surface area contributed by atoms with Gasteiger partial charge in [-0.2, -0.15) is 0 Å². The van der Waals surface area contributed by atoms with Gasteiger partial charge in [-0.3, -0.25) is 9.59 Å². The molecule has 0 bridgehead atoms. The maximum Gasteiger partial charge on any atom is 0.221 e. The molecule has 0 radical (unpaired) electrons. The number of nitrogens with two attached hydrogens (primary N) is 1. The van der Waals surface area contributed by atoms with Crippen LogP contribution in [-0.4, -0.2) is 24.1 Å². The average Bonchev–Trinajstić information content (AvgIpc) is 3.20. The Labute approximate surface area is 143 Å². The average molecular weight is 347 g/mol. The van der Waals surface area contributed by atoms with Crippen molar-refractivity contribution in [2.24, 2.45) is 28.9 Å². The summed E-state index contributed by atoms with van der Waals surface area (Å²) >= 11 is 4.05. The molecule has 1 unspecified atom stereocenters. The number of primary amides is 1. The first-order valence-corrected chi connectivity index (χ1v) is 10.1. The van der Waals surface area contributed by atoms with Crippen molar-refractivity contribution in [1.29, 1.82) is 0 Å². The highest BCUT2D eigenvalue weighted by atomic mass is 33.1. The zero-order valence-corrected chi connectivity index (χ0v) is 15.6. The van der Waals surface area contributed by atoms with Crippen LogP contribution in [0.15, 0.2) is 0 Å². The van der Waals surface area contributed by atoms with Crippen molar-refractivity contribution in [2.75, 3.05) is 12.4 Å². The summed E-state index contributed by atoms with van der Waals surface area (Å²) in [7, 11) is 1.35. The molecule has 2 atom stereocenters. The van der Waals surface area contributed by atoms with Gasteiger partial charge in [-0.1, -0.05) is 44.4 Å². The molecule has 0 aliphatic heterocycles. The molecule has 4 nitrogen and oxygen atoms in total. The number of ketones is 1. The van der Waals surface area contributed by atoms with Crippen LogP contribution < -0.4 is 11.1 Å². The number of amides is 1. The van der Waals surface area contributed by atoms with Gasteiger partial charge in [0.1, 0.15) is 0 Å². The van der Waals surface area contributed by atoms with Crippen molar-refractivity contribution < 1.29 is 9.59 Å². The second kappa shape index (κ2) is 9.18. The molecule has 22 heavy (non-hydrogen) atoms. The third-order valence-corrected chi connectivity index (χ3v) is 4.87. The van der Waals surface area contributed by atoms with Crippen molar-refractivity contribution in [1.82, 2.24) is 5.32 Å². The molecule has 0 aromatic heterocycles. The molecule has 0 aromatic carbocycles. The molecule has 1 amide bonds. The van der Waals surface area contributed by atoms with Crippen LogP contribution in [0, 0.1) is 23.2 Å². The van der Waals surface area contributed by atoms with E-state index in [2.05, 4.69) is 37.7 Å². The molecule has 0 spiro atoms. The van der Waals surface area contributed by atoms with Crippen molar-refractivity contribution in [3.63, 3.8) is 0 Å². The minimum atomic E-state index is -0.335. The summed E-state index contributed by atoms with van der Waals surface area (Å²) < 4.78 is 0. The molecule has 0 heterocycles. The lowest BCUT2D eigenvalue weighted by atomic mass is 9.74. The van der Waals surface area contributed by atoms with Gasteiger partial charge >= 0.3 is 0 Å². The topological polar surface area (TPSA) is 72.2 Å². The van der Waals surface area contributed by atoms with E-state index in [-0.39, 0.29) is 35.5 Å². The summed E-state index contributed by atoms with van der Waals surface area (Å²) in [4.78, 5) is 24.5. The van der Waals surface area contributed by atoms with E-state index in [1.54, 1.807) is 0 Å². The van der Waals surface area contributed by atoms with E-state index in [9.17, 15) is 9.59 Å². The number of thiol groups is 1. The molecular weight excluding hydrogens is 316 g/mol. The molecule has 0 saturated heterocycles. The minimum Gasteiger partial charge on any atom is -0.369 e. The predicted octanol–water partition coefficient (Wildman–Crippen LogP) is 3.02. The fourth-order valence-electron chi connectivity index (χ4n) is 2.85. The van der Waals surface area contributed by atoms with Crippen LogP contribution in [0.1, 0.15) is 52.9 Å². The third kappa shape index (κ3) is 7.88. The highest BCUT2D eigenvalue weighted by molar-refractivity contribution is 8.68. The Morgan fingerprint density at radius 1 is 1.32 bits per heavy atom. The third-order valence-electron chi connectivity index (χ3n) is 4.15.